The van der Waals surface area contributed by atoms with Crippen LogP contribution in [0, 0.1) is 0 Å². The van der Waals surface area contributed by atoms with Crippen molar-refractivity contribution < 1.29 is 53.6 Å². The molecule has 35 heteroatoms. The van der Waals surface area contributed by atoms with Crippen molar-refractivity contribution in [1.82, 2.24) is 65.8 Å². The minimum absolute atomic E-state index is 0. The summed E-state index contributed by atoms with van der Waals surface area (Å²) in [6, 6.07) is 7.61. The van der Waals surface area contributed by atoms with E-state index in [1.165, 1.54) is 0 Å². The molecule has 4 atom stereocenters. The number of hydrogen-bond acceptors (Lipinski definition) is 23. The summed E-state index contributed by atoms with van der Waals surface area (Å²) in [5.41, 5.74) is 16.7. The summed E-state index contributed by atoms with van der Waals surface area (Å²) in [6.07, 6.45) is 6.73. The van der Waals surface area contributed by atoms with Gasteiger partial charge in [0.05, 0.1) is 55.3 Å². The number of aromatic nitrogens is 11. The van der Waals surface area contributed by atoms with Gasteiger partial charge in [0.2, 0.25) is 17.7 Å². The summed E-state index contributed by atoms with van der Waals surface area (Å²) in [4.78, 5) is 17.9. The van der Waals surface area contributed by atoms with E-state index in [0.29, 0.717) is 43.6 Å². The molecule has 4 aliphatic rings. The van der Waals surface area contributed by atoms with Crippen LogP contribution in [0.15, 0.2) is 116 Å². The average molecular weight is 1620 g/mol. The number of nitrogens with two attached hydrogens (primary N) is 2. The number of aryl methyl sites for hydroxylation is 1. The van der Waals surface area contributed by atoms with Gasteiger partial charge in [-0.3, -0.25) is 10.0 Å². The molecule has 0 aliphatic carbocycles. The SMILES string of the molecule is Brc1ccc(Br)c2n[nH]nc12.C.CCN1N=NC2C(Br)=CN=C(OC)C21.CCN1N=NC2C(OC)=NC=C(Br)C21.CCn1nc2c(Br)cnc(OC)c2n1.COc1ccc(Br)c2n[nH]nc12.C[O-].Nc1c(Br)cnc(Br)c1N.[Na+]. The smallest absolute Gasteiger partial charge is 0.857 e. The summed E-state index contributed by atoms with van der Waals surface area (Å²) in [7, 11) is 7.15. The molecule has 0 fully saturated rings. The molecule has 2 aromatic carbocycles. The number of ether oxygens (including phenoxy) is 4. The minimum Gasteiger partial charge on any atom is -0.857 e. The van der Waals surface area contributed by atoms with E-state index in [-0.39, 0.29) is 61.2 Å². The van der Waals surface area contributed by atoms with Crippen molar-refractivity contribution in [2.75, 3.05) is 60.1 Å². The van der Waals surface area contributed by atoms with Gasteiger partial charge in [-0.2, -0.15) is 58.1 Å². The molecule has 7 aromatic rings. The van der Waals surface area contributed by atoms with E-state index in [0.717, 1.165) is 86.9 Å². The standard InChI is InChI=1S/2C8H11BrN4O.C8H9BrN4O.C7H6BrN3O.C6H3Br2N3.C5H5Br2N3.CH3O.CH4.Na/c1-3-13-7-5(9)4-10-8(14-2)6(7)11-12-13;1-3-13-7-6(11-12-13)5(9)4-10-8(7)14-2;1-3-13-11-6-5(9)4-10-8(14-2)7(6)12-13;1-12-5-3-2-4(8)6-7(5)10-11-9-6;7-3-1-2-4(8)6-5(3)9-11-10-6;6-2-1-10-5(7)4(9)3(2)8;1-2;;/h2*4,6-7H,3H2,1-2H3;4H,3H2,1-2H3;2-3H,1H3,(H,9,10,11);1-2H,(H,9,10,11);1H,9H2,(H2,8,10);1H3;1H4;/q;;;;;;-1;;+1. The number of H-pyrrole nitrogens is 2. The van der Waals surface area contributed by atoms with Crippen LogP contribution in [0.2, 0.25) is 0 Å². The van der Waals surface area contributed by atoms with Crippen LogP contribution in [-0.2, 0) is 16.0 Å². The molecule has 0 bridgehead atoms. The summed E-state index contributed by atoms with van der Waals surface area (Å²) in [5.74, 6) is 2.52. The average Bonchev–Trinajstić information content (AvgIpc) is 4.36. The Kier molecular flexibility index (Phi) is 29.8. The molecular weight excluding hydrogens is 1560 g/mol. The Hall–Kier alpha value is -3.84. The van der Waals surface area contributed by atoms with Crippen molar-refractivity contribution in [1.29, 1.82) is 0 Å². The Morgan fingerprint density at radius 2 is 1.04 bits per heavy atom. The van der Waals surface area contributed by atoms with Crippen LogP contribution in [0.5, 0.6) is 11.6 Å². The van der Waals surface area contributed by atoms with Gasteiger partial charge in [-0.1, -0.05) is 49.7 Å². The van der Waals surface area contributed by atoms with Crippen LogP contribution in [0.4, 0.5) is 11.4 Å². The first-order chi connectivity index (χ1) is 37.0. The molecule has 26 nitrogen and oxygen atoms in total. The molecule has 4 aliphatic heterocycles. The Morgan fingerprint density at radius 3 is 1.57 bits per heavy atom. The van der Waals surface area contributed by atoms with Crippen molar-refractivity contribution >= 4 is 184 Å². The molecule has 0 spiro atoms. The summed E-state index contributed by atoms with van der Waals surface area (Å²) in [6.45, 7) is 8.40. The van der Waals surface area contributed by atoms with Crippen molar-refractivity contribution in [3.63, 3.8) is 0 Å². The number of halogens is 8. The molecular formula is C44H52Br8N21NaO5. The molecule has 420 valence electrons. The second kappa shape index (κ2) is 33.9. The van der Waals surface area contributed by atoms with E-state index < -0.39 is 0 Å². The van der Waals surface area contributed by atoms with E-state index in [1.807, 2.05) is 55.1 Å². The third kappa shape index (κ3) is 17.1. The van der Waals surface area contributed by atoms with Gasteiger partial charge in [0.25, 0.3) is 0 Å². The van der Waals surface area contributed by atoms with E-state index in [2.05, 4.69) is 209 Å². The van der Waals surface area contributed by atoms with E-state index in [9.17, 15) is 0 Å². The molecule has 0 saturated heterocycles. The van der Waals surface area contributed by atoms with Gasteiger partial charge in [0.15, 0.2) is 23.1 Å². The monoisotopic (exact) mass is 1610 g/mol. The molecule has 4 unspecified atom stereocenters. The molecule has 6 N–H and O–H groups in total. The number of rotatable bonds is 5. The largest absolute Gasteiger partial charge is 1.00 e. The molecule has 11 rings (SSSR count). The number of aromatic amines is 2. The molecule has 0 radical (unpaired) electrons. The van der Waals surface area contributed by atoms with Crippen LogP contribution < -0.4 is 55.6 Å². The third-order valence-corrected chi connectivity index (χ3v) is 15.6. The van der Waals surface area contributed by atoms with Gasteiger partial charge in [-0.25, -0.2) is 20.0 Å². The van der Waals surface area contributed by atoms with Gasteiger partial charge < -0.3 is 35.5 Å². The first-order valence-electron chi connectivity index (χ1n) is 22.2. The maximum absolute atomic E-state index is 8.25. The third-order valence-electron chi connectivity index (χ3n) is 10.5. The number of nitrogens with zero attached hydrogens (tertiary/aromatic N) is 17. The number of hydrogen-bond donors (Lipinski definition) is 4. The number of likely N-dealkylation sites (N-methyl/N-ethyl adjacent to an activating group) is 2. The topological polar surface area (TPSA) is 332 Å². The summed E-state index contributed by atoms with van der Waals surface area (Å²) in [5, 5.41) is 58.0. The van der Waals surface area contributed by atoms with Crippen molar-refractivity contribution in [3.05, 3.63) is 85.0 Å². The van der Waals surface area contributed by atoms with Gasteiger partial charge >= 0.3 is 29.6 Å². The van der Waals surface area contributed by atoms with E-state index >= 15 is 0 Å². The Balaban J connectivity index is 0.000000247. The first-order valence-corrected chi connectivity index (χ1v) is 28.6. The second-order valence-corrected chi connectivity index (χ2v) is 21.7. The normalized spacial score (nSPS) is 16.9. The van der Waals surface area contributed by atoms with Gasteiger partial charge in [0, 0.05) is 60.3 Å². The number of aliphatic imine (C=N–C) groups is 2. The molecule has 5 aromatic heterocycles. The van der Waals surface area contributed by atoms with Crippen LogP contribution in [0.1, 0.15) is 28.2 Å². The van der Waals surface area contributed by atoms with Gasteiger partial charge in [0.1, 0.15) is 44.5 Å². The van der Waals surface area contributed by atoms with E-state index in [1.54, 1.807) is 58.0 Å². The van der Waals surface area contributed by atoms with Crippen LogP contribution in [-0.4, -0.2) is 150 Å². The van der Waals surface area contributed by atoms with Crippen LogP contribution >= 0.6 is 127 Å². The van der Waals surface area contributed by atoms with Gasteiger partial charge in [-0.05, 0) is 141 Å². The van der Waals surface area contributed by atoms with Crippen molar-refractivity contribution in [3.8, 4) is 11.6 Å². The fourth-order valence-corrected chi connectivity index (χ4v) is 10.0. The summed E-state index contributed by atoms with van der Waals surface area (Å²) < 4.78 is 27.4. The molecule has 0 amide bonds. The number of benzene rings is 2. The molecule has 79 heavy (non-hydrogen) atoms. The molecule has 9 heterocycles. The quantitative estimate of drug-likeness (QED) is 0.0949. The maximum atomic E-state index is 8.25. The van der Waals surface area contributed by atoms with Gasteiger partial charge in [-0.15, -0.1) is 5.10 Å². The van der Waals surface area contributed by atoms with Crippen LogP contribution in [0.25, 0.3) is 33.1 Å². The van der Waals surface area contributed by atoms with E-state index in [4.69, 9.17) is 35.5 Å². The second-order valence-electron chi connectivity index (χ2n) is 14.8. The number of fused-ring (bicyclic) bond motifs is 5. The first kappa shape index (κ1) is 69.4. The number of pyridine rings is 2. The fraction of sp³-hybridized carbons (Fsp3) is 0.364. The molecule has 0 saturated carbocycles. The zero-order chi connectivity index (χ0) is 56.5. The number of anilines is 2. The summed E-state index contributed by atoms with van der Waals surface area (Å²) >= 11 is 26.7. The predicted octanol–water partition coefficient (Wildman–Crippen LogP) is 7.66. The number of methoxy groups -OCH3 is 4. The zero-order valence-corrected chi connectivity index (χ0v) is 57.6. The number of nitrogen functional groups attached to an aromatic ring is 2. The Labute approximate surface area is 543 Å². The number of nitrogens with one attached hydrogen (secondary N) is 2. The van der Waals surface area contributed by atoms with Crippen molar-refractivity contribution in [2.45, 2.75) is 58.9 Å². The van der Waals surface area contributed by atoms with Crippen molar-refractivity contribution in [2.24, 2.45) is 30.7 Å². The predicted molar refractivity (Wildman–Crippen MR) is 326 cm³/mol. The fourth-order valence-electron chi connectivity index (χ4n) is 6.76. The van der Waals surface area contributed by atoms with Crippen LogP contribution in [0.3, 0.4) is 0 Å². The Morgan fingerprint density at radius 1 is 0.544 bits per heavy atom. The Bertz CT molecular complexity index is 3240. The zero-order valence-electron chi connectivity index (χ0n) is 42.9. The minimum atomic E-state index is -0.0978. The maximum Gasteiger partial charge on any atom is 1.00 e.